The molecule has 0 aromatic heterocycles. The molecular weight excluding hydrogens is 184 g/mol. The summed E-state index contributed by atoms with van der Waals surface area (Å²) in [5, 5.41) is 0. The molecule has 0 spiro atoms. The summed E-state index contributed by atoms with van der Waals surface area (Å²) in [7, 11) is 0. The number of nitrogens with two attached hydrogens (primary N) is 1. The van der Waals surface area contributed by atoms with Gasteiger partial charge in [-0.3, -0.25) is 4.90 Å². The zero-order valence-corrected chi connectivity index (χ0v) is 9.91. The summed E-state index contributed by atoms with van der Waals surface area (Å²) in [4.78, 5) is 2.77. The lowest BCUT2D eigenvalue weighted by Gasteiger charge is -2.47. The van der Waals surface area contributed by atoms with E-state index in [-0.39, 0.29) is 0 Å². The van der Waals surface area contributed by atoms with Crippen LogP contribution in [-0.4, -0.2) is 29.6 Å². The van der Waals surface area contributed by atoms with Gasteiger partial charge in [-0.2, -0.15) is 0 Å². The summed E-state index contributed by atoms with van der Waals surface area (Å²) in [6.45, 7) is 4.61. The van der Waals surface area contributed by atoms with Crippen molar-refractivity contribution in [3.8, 4) is 0 Å². The lowest BCUT2D eigenvalue weighted by atomic mass is 9.79. The molecule has 0 radical (unpaired) electrons. The van der Waals surface area contributed by atoms with Gasteiger partial charge in [0.15, 0.2) is 0 Å². The van der Waals surface area contributed by atoms with Crippen LogP contribution in [0.2, 0.25) is 0 Å². The molecule has 2 bridgehead atoms. The van der Waals surface area contributed by atoms with Crippen molar-refractivity contribution in [2.75, 3.05) is 13.1 Å². The second kappa shape index (κ2) is 3.46. The zero-order chi connectivity index (χ0) is 10.5. The Kier molecular flexibility index (Phi) is 2.33. The first-order valence-electron chi connectivity index (χ1n) is 6.73. The molecule has 4 unspecified atom stereocenters. The molecule has 3 fully saturated rings. The Morgan fingerprint density at radius 2 is 2.20 bits per heavy atom. The molecular formula is C13H24N2. The maximum atomic E-state index is 6.16. The van der Waals surface area contributed by atoms with E-state index >= 15 is 0 Å². The van der Waals surface area contributed by atoms with Gasteiger partial charge in [-0.15, -0.1) is 0 Å². The molecule has 15 heavy (non-hydrogen) atoms. The molecule has 3 aliphatic rings. The second-order valence-electron chi connectivity index (χ2n) is 6.07. The highest BCUT2D eigenvalue weighted by Crippen LogP contribution is 2.54. The average Bonchev–Trinajstić information content (AvgIpc) is 2.91. The Hall–Kier alpha value is -0.0800. The van der Waals surface area contributed by atoms with Gasteiger partial charge >= 0.3 is 0 Å². The van der Waals surface area contributed by atoms with Crippen molar-refractivity contribution < 1.29 is 0 Å². The third-order valence-electron chi connectivity index (χ3n) is 5.42. The molecule has 1 heterocycles. The maximum Gasteiger partial charge on any atom is 0.0365 e. The molecule has 0 aromatic rings. The molecule has 86 valence electrons. The molecule has 2 N–H and O–H groups in total. The lowest BCUT2D eigenvalue weighted by Crippen LogP contribution is -2.58. The highest BCUT2D eigenvalue weighted by molar-refractivity contribution is 5.10. The summed E-state index contributed by atoms with van der Waals surface area (Å²) < 4.78 is 0. The van der Waals surface area contributed by atoms with Gasteiger partial charge in [0.1, 0.15) is 0 Å². The molecule has 0 amide bonds. The van der Waals surface area contributed by atoms with Crippen molar-refractivity contribution in [1.82, 2.24) is 4.90 Å². The summed E-state index contributed by atoms with van der Waals surface area (Å²) in [6.07, 6.45) is 8.58. The number of likely N-dealkylation sites (tertiary alicyclic amines) is 1. The zero-order valence-electron chi connectivity index (χ0n) is 9.91. The van der Waals surface area contributed by atoms with Crippen molar-refractivity contribution >= 4 is 0 Å². The molecule has 4 atom stereocenters. The van der Waals surface area contributed by atoms with Gasteiger partial charge < -0.3 is 5.73 Å². The van der Waals surface area contributed by atoms with Crippen LogP contribution < -0.4 is 5.73 Å². The summed E-state index contributed by atoms with van der Waals surface area (Å²) in [6, 6.07) is 0.785. The van der Waals surface area contributed by atoms with E-state index in [4.69, 9.17) is 5.73 Å². The molecule has 2 nitrogen and oxygen atoms in total. The Morgan fingerprint density at radius 3 is 2.67 bits per heavy atom. The lowest BCUT2D eigenvalue weighted by molar-refractivity contribution is 0.0361. The van der Waals surface area contributed by atoms with Gasteiger partial charge in [0.25, 0.3) is 0 Å². The molecule has 3 rings (SSSR count). The highest BCUT2D eigenvalue weighted by Gasteiger charge is 2.54. The van der Waals surface area contributed by atoms with Crippen LogP contribution in [0.5, 0.6) is 0 Å². The van der Waals surface area contributed by atoms with Crippen LogP contribution in [0, 0.1) is 11.8 Å². The fourth-order valence-electron chi connectivity index (χ4n) is 4.73. The summed E-state index contributed by atoms with van der Waals surface area (Å²) in [5.41, 5.74) is 6.57. The first-order chi connectivity index (χ1) is 7.26. The minimum atomic E-state index is 0.416. The second-order valence-corrected chi connectivity index (χ2v) is 6.07. The van der Waals surface area contributed by atoms with Crippen LogP contribution in [0.15, 0.2) is 0 Å². The van der Waals surface area contributed by atoms with Crippen molar-refractivity contribution in [1.29, 1.82) is 0 Å². The van der Waals surface area contributed by atoms with Crippen LogP contribution in [0.25, 0.3) is 0 Å². The number of hydrogen-bond acceptors (Lipinski definition) is 2. The number of fused-ring (bicyclic) bond motifs is 2. The molecule has 2 saturated carbocycles. The van der Waals surface area contributed by atoms with E-state index in [1.54, 1.807) is 0 Å². The van der Waals surface area contributed by atoms with Gasteiger partial charge in [-0.1, -0.05) is 6.42 Å². The topological polar surface area (TPSA) is 29.3 Å². The standard InChI is InChI=1S/C13H24N2/c1-10-3-2-6-15(10)13(9-14)8-11-4-5-12(13)7-11/h10-12H,2-9,14H2,1H3. The first-order valence-corrected chi connectivity index (χ1v) is 6.73. The number of hydrogen-bond donors (Lipinski definition) is 1. The fraction of sp³-hybridized carbons (Fsp3) is 1.00. The van der Waals surface area contributed by atoms with E-state index < -0.39 is 0 Å². The van der Waals surface area contributed by atoms with E-state index in [0.29, 0.717) is 5.54 Å². The smallest absolute Gasteiger partial charge is 0.0365 e. The third kappa shape index (κ3) is 1.31. The van der Waals surface area contributed by atoms with E-state index in [0.717, 1.165) is 24.4 Å². The Bertz CT molecular complexity index is 253. The molecule has 0 aromatic carbocycles. The minimum absolute atomic E-state index is 0.416. The molecule has 2 aliphatic carbocycles. The number of rotatable bonds is 2. The maximum absolute atomic E-state index is 6.16. The van der Waals surface area contributed by atoms with E-state index in [9.17, 15) is 0 Å². The van der Waals surface area contributed by atoms with Gasteiger partial charge in [-0.25, -0.2) is 0 Å². The summed E-state index contributed by atoms with van der Waals surface area (Å²) in [5.74, 6) is 1.93. The van der Waals surface area contributed by atoms with Crippen LogP contribution >= 0.6 is 0 Å². The predicted molar refractivity (Wildman–Crippen MR) is 62.6 cm³/mol. The summed E-state index contributed by atoms with van der Waals surface area (Å²) >= 11 is 0. The van der Waals surface area contributed by atoms with Crippen LogP contribution in [0.1, 0.15) is 45.4 Å². The SMILES string of the molecule is CC1CCCN1C1(CN)CC2CCC1C2. The minimum Gasteiger partial charge on any atom is -0.329 e. The van der Waals surface area contributed by atoms with Crippen molar-refractivity contribution in [2.45, 2.75) is 57.0 Å². The predicted octanol–water partition coefficient (Wildman–Crippen LogP) is 1.99. The van der Waals surface area contributed by atoms with Gasteiger partial charge in [0.2, 0.25) is 0 Å². The van der Waals surface area contributed by atoms with Gasteiger partial charge in [-0.05, 0) is 57.4 Å². The van der Waals surface area contributed by atoms with E-state index in [1.807, 2.05) is 0 Å². The Balaban J connectivity index is 1.86. The largest absolute Gasteiger partial charge is 0.329 e. The third-order valence-corrected chi connectivity index (χ3v) is 5.42. The van der Waals surface area contributed by atoms with Crippen LogP contribution in [0.4, 0.5) is 0 Å². The number of nitrogens with zero attached hydrogens (tertiary/aromatic N) is 1. The fourth-order valence-corrected chi connectivity index (χ4v) is 4.73. The quantitative estimate of drug-likeness (QED) is 0.752. The Morgan fingerprint density at radius 1 is 1.33 bits per heavy atom. The average molecular weight is 208 g/mol. The first kappa shape index (κ1) is 10.1. The molecule has 1 saturated heterocycles. The van der Waals surface area contributed by atoms with Crippen molar-refractivity contribution in [3.63, 3.8) is 0 Å². The van der Waals surface area contributed by atoms with Crippen LogP contribution in [-0.2, 0) is 0 Å². The van der Waals surface area contributed by atoms with E-state index in [2.05, 4.69) is 11.8 Å². The van der Waals surface area contributed by atoms with Crippen LogP contribution in [0.3, 0.4) is 0 Å². The highest BCUT2D eigenvalue weighted by atomic mass is 15.3. The van der Waals surface area contributed by atoms with Crippen molar-refractivity contribution in [2.24, 2.45) is 17.6 Å². The normalized spacial score (nSPS) is 50.4. The molecule has 2 heteroatoms. The van der Waals surface area contributed by atoms with Gasteiger partial charge in [0, 0.05) is 18.1 Å². The van der Waals surface area contributed by atoms with Crippen molar-refractivity contribution in [3.05, 3.63) is 0 Å². The Labute approximate surface area is 93.2 Å². The molecule has 1 aliphatic heterocycles. The van der Waals surface area contributed by atoms with E-state index in [1.165, 1.54) is 45.1 Å². The van der Waals surface area contributed by atoms with Gasteiger partial charge in [0.05, 0.1) is 0 Å². The monoisotopic (exact) mass is 208 g/mol.